The molecule has 1 aliphatic heterocycles. The summed E-state index contributed by atoms with van der Waals surface area (Å²) in [5.41, 5.74) is 14.1. The fourth-order valence-corrected chi connectivity index (χ4v) is 4.93. The summed E-state index contributed by atoms with van der Waals surface area (Å²) in [4.78, 5) is 0. The summed E-state index contributed by atoms with van der Waals surface area (Å²) in [6, 6.07) is 31.6. The van der Waals surface area contributed by atoms with Gasteiger partial charge in [0.05, 0.1) is 5.41 Å². The Bertz CT molecular complexity index is 1180. The van der Waals surface area contributed by atoms with Crippen molar-refractivity contribution in [2.75, 3.05) is 5.73 Å². The largest absolute Gasteiger partial charge is 0.457 e. The molecule has 1 aliphatic carbocycles. The Morgan fingerprint density at radius 1 is 0.556 bits per heavy atom. The number of benzene rings is 4. The molecule has 1 heterocycles. The molecule has 1 spiro atoms. The molecular formula is C25H17NO. The van der Waals surface area contributed by atoms with E-state index in [1.54, 1.807) is 0 Å². The van der Waals surface area contributed by atoms with Crippen molar-refractivity contribution in [3.05, 3.63) is 113 Å². The van der Waals surface area contributed by atoms with E-state index in [-0.39, 0.29) is 0 Å². The lowest BCUT2D eigenvalue weighted by atomic mass is 9.66. The summed E-state index contributed by atoms with van der Waals surface area (Å²) in [5.74, 6) is 1.81. The van der Waals surface area contributed by atoms with Crippen LogP contribution in [0.2, 0.25) is 0 Å². The van der Waals surface area contributed by atoms with E-state index in [9.17, 15) is 0 Å². The van der Waals surface area contributed by atoms with Gasteiger partial charge in [-0.2, -0.15) is 0 Å². The average Bonchev–Trinajstić information content (AvgIpc) is 3.01. The van der Waals surface area contributed by atoms with E-state index in [0.717, 1.165) is 22.7 Å². The Morgan fingerprint density at radius 3 is 1.81 bits per heavy atom. The normalized spacial score (nSPS) is 14.7. The maximum absolute atomic E-state index is 6.49. The minimum atomic E-state index is -0.410. The number of fused-ring (bicyclic) bond motifs is 9. The maximum atomic E-state index is 6.49. The molecule has 0 unspecified atom stereocenters. The zero-order chi connectivity index (χ0) is 18.0. The second-order valence-corrected chi connectivity index (χ2v) is 7.16. The van der Waals surface area contributed by atoms with Gasteiger partial charge in [0.2, 0.25) is 0 Å². The van der Waals surface area contributed by atoms with Crippen LogP contribution in [0.1, 0.15) is 22.3 Å². The number of nitrogen functional groups attached to an aromatic ring is 1. The van der Waals surface area contributed by atoms with E-state index in [2.05, 4.69) is 72.8 Å². The number of para-hydroxylation sites is 2. The van der Waals surface area contributed by atoms with Crippen molar-refractivity contribution in [3.8, 4) is 22.6 Å². The molecule has 27 heavy (non-hydrogen) atoms. The summed E-state index contributed by atoms with van der Waals surface area (Å²) in [6.45, 7) is 0. The highest BCUT2D eigenvalue weighted by atomic mass is 16.5. The van der Waals surface area contributed by atoms with Crippen molar-refractivity contribution in [1.82, 2.24) is 0 Å². The van der Waals surface area contributed by atoms with Crippen LogP contribution < -0.4 is 10.5 Å². The standard InChI is InChI=1S/C25H17NO/c26-21-13-7-12-20-24(21)16-8-1-2-9-17(16)25(20)18-10-3-5-14-22(18)27-23-15-6-4-11-19(23)25/h1-15H,26H2. The first-order valence-electron chi connectivity index (χ1n) is 9.17. The molecular weight excluding hydrogens is 330 g/mol. The molecule has 2 heteroatoms. The third kappa shape index (κ3) is 1.65. The molecule has 0 radical (unpaired) electrons. The maximum Gasteiger partial charge on any atom is 0.132 e. The van der Waals surface area contributed by atoms with Gasteiger partial charge in [0.25, 0.3) is 0 Å². The molecule has 0 saturated carbocycles. The Morgan fingerprint density at radius 2 is 1.11 bits per heavy atom. The molecule has 2 N–H and O–H groups in total. The van der Waals surface area contributed by atoms with Gasteiger partial charge in [-0.3, -0.25) is 0 Å². The summed E-state index contributed by atoms with van der Waals surface area (Å²) in [7, 11) is 0. The van der Waals surface area contributed by atoms with Gasteiger partial charge in [-0.1, -0.05) is 72.8 Å². The molecule has 0 amide bonds. The highest BCUT2D eigenvalue weighted by Crippen LogP contribution is 2.62. The Balaban J connectivity index is 1.88. The highest BCUT2D eigenvalue weighted by Gasteiger charge is 2.51. The zero-order valence-corrected chi connectivity index (χ0v) is 14.6. The molecule has 4 aromatic rings. The number of hydrogen-bond donors (Lipinski definition) is 1. The number of rotatable bonds is 0. The van der Waals surface area contributed by atoms with Gasteiger partial charge >= 0.3 is 0 Å². The first-order chi connectivity index (χ1) is 13.3. The van der Waals surface area contributed by atoms with Gasteiger partial charge in [0.15, 0.2) is 0 Å². The molecule has 0 atom stereocenters. The van der Waals surface area contributed by atoms with Crippen molar-refractivity contribution in [1.29, 1.82) is 0 Å². The van der Waals surface area contributed by atoms with Gasteiger partial charge in [-0.15, -0.1) is 0 Å². The SMILES string of the molecule is Nc1cccc2c1-c1ccccc1C21c2ccccc2Oc2ccccc21. The monoisotopic (exact) mass is 347 g/mol. The number of hydrogen-bond acceptors (Lipinski definition) is 2. The van der Waals surface area contributed by atoms with E-state index < -0.39 is 5.41 Å². The highest BCUT2D eigenvalue weighted by molar-refractivity contribution is 5.93. The van der Waals surface area contributed by atoms with Gasteiger partial charge in [-0.05, 0) is 34.9 Å². The van der Waals surface area contributed by atoms with Crippen LogP contribution >= 0.6 is 0 Å². The van der Waals surface area contributed by atoms with Crippen LogP contribution in [-0.2, 0) is 5.41 Å². The van der Waals surface area contributed by atoms with E-state index >= 15 is 0 Å². The quantitative estimate of drug-likeness (QED) is 0.356. The topological polar surface area (TPSA) is 35.2 Å². The summed E-state index contributed by atoms with van der Waals surface area (Å²) < 4.78 is 6.29. The fraction of sp³-hybridized carbons (Fsp3) is 0.0400. The summed E-state index contributed by atoms with van der Waals surface area (Å²) in [5, 5.41) is 0. The minimum absolute atomic E-state index is 0.410. The van der Waals surface area contributed by atoms with Crippen LogP contribution in [0.15, 0.2) is 91.0 Å². The summed E-state index contributed by atoms with van der Waals surface area (Å²) in [6.07, 6.45) is 0. The molecule has 6 rings (SSSR count). The fourth-order valence-electron chi connectivity index (χ4n) is 4.93. The van der Waals surface area contributed by atoms with Crippen LogP contribution in [-0.4, -0.2) is 0 Å². The smallest absolute Gasteiger partial charge is 0.132 e. The van der Waals surface area contributed by atoms with Crippen LogP contribution in [0.5, 0.6) is 11.5 Å². The first kappa shape index (κ1) is 14.6. The summed E-state index contributed by atoms with van der Waals surface area (Å²) >= 11 is 0. The molecule has 2 nitrogen and oxygen atoms in total. The molecule has 0 saturated heterocycles. The van der Waals surface area contributed by atoms with Crippen molar-refractivity contribution >= 4 is 5.69 Å². The van der Waals surface area contributed by atoms with Crippen LogP contribution in [0.4, 0.5) is 5.69 Å². The average molecular weight is 347 g/mol. The van der Waals surface area contributed by atoms with Crippen molar-refractivity contribution < 1.29 is 4.74 Å². The molecule has 4 aromatic carbocycles. The van der Waals surface area contributed by atoms with Gasteiger partial charge in [-0.25, -0.2) is 0 Å². The molecule has 128 valence electrons. The minimum Gasteiger partial charge on any atom is -0.457 e. The van der Waals surface area contributed by atoms with E-state index in [1.807, 2.05) is 18.2 Å². The lowest BCUT2D eigenvalue weighted by Crippen LogP contribution is -2.32. The van der Waals surface area contributed by atoms with Gasteiger partial charge < -0.3 is 10.5 Å². The van der Waals surface area contributed by atoms with Crippen molar-refractivity contribution in [2.24, 2.45) is 0 Å². The van der Waals surface area contributed by atoms with Crippen LogP contribution in [0.3, 0.4) is 0 Å². The van der Waals surface area contributed by atoms with E-state index in [4.69, 9.17) is 10.5 Å². The number of ether oxygens (including phenoxy) is 1. The van der Waals surface area contributed by atoms with E-state index in [1.165, 1.54) is 27.8 Å². The van der Waals surface area contributed by atoms with Crippen molar-refractivity contribution in [2.45, 2.75) is 5.41 Å². The Hall–Kier alpha value is -3.52. The second-order valence-electron chi connectivity index (χ2n) is 7.16. The van der Waals surface area contributed by atoms with Crippen molar-refractivity contribution in [3.63, 3.8) is 0 Å². The van der Waals surface area contributed by atoms with Crippen LogP contribution in [0, 0.1) is 0 Å². The van der Waals surface area contributed by atoms with Gasteiger partial charge in [0, 0.05) is 22.4 Å². The van der Waals surface area contributed by atoms with E-state index in [0.29, 0.717) is 0 Å². The second kappa shape index (κ2) is 5.01. The molecule has 0 bridgehead atoms. The number of nitrogens with two attached hydrogens (primary N) is 1. The third-order valence-corrected chi connectivity index (χ3v) is 5.90. The third-order valence-electron chi connectivity index (χ3n) is 5.90. The molecule has 0 fully saturated rings. The predicted octanol–water partition coefficient (Wildman–Crippen LogP) is 5.74. The molecule has 2 aliphatic rings. The first-order valence-corrected chi connectivity index (χ1v) is 9.17. The lowest BCUT2D eigenvalue weighted by Gasteiger charge is -2.39. The molecule has 0 aromatic heterocycles. The number of anilines is 1. The Kier molecular flexibility index (Phi) is 2.72. The lowest BCUT2D eigenvalue weighted by molar-refractivity contribution is 0.436. The van der Waals surface area contributed by atoms with Gasteiger partial charge in [0.1, 0.15) is 11.5 Å². The Labute approximate surface area is 157 Å². The van der Waals surface area contributed by atoms with Crippen LogP contribution in [0.25, 0.3) is 11.1 Å². The zero-order valence-electron chi connectivity index (χ0n) is 14.6. The predicted molar refractivity (Wildman–Crippen MR) is 108 cm³/mol.